The monoisotopic (exact) mass is 216 g/mol. The Morgan fingerprint density at radius 2 is 1.88 bits per heavy atom. The lowest BCUT2D eigenvalue weighted by Crippen LogP contribution is -2.15. The first-order valence-electron chi connectivity index (χ1n) is 6.17. The Balaban J connectivity index is 2.38. The summed E-state index contributed by atoms with van der Waals surface area (Å²) in [7, 11) is 0. The molecule has 16 heavy (non-hydrogen) atoms. The third-order valence-corrected chi connectivity index (χ3v) is 3.65. The Kier molecular flexibility index (Phi) is 2.88. The van der Waals surface area contributed by atoms with E-state index in [1.54, 1.807) is 0 Å². The fourth-order valence-electron chi connectivity index (χ4n) is 2.43. The molecule has 0 bridgehead atoms. The van der Waals surface area contributed by atoms with Gasteiger partial charge < -0.3 is 0 Å². The number of hydrogen-bond acceptors (Lipinski definition) is 1. The van der Waals surface area contributed by atoms with Gasteiger partial charge in [-0.3, -0.25) is 4.79 Å². The first-order chi connectivity index (χ1) is 7.50. The minimum Gasteiger partial charge on any atom is -0.294 e. The summed E-state index contributed by atoms with van der Waals surface area (Å²) in [6.45, 7) is 8.61. The quantitative estimate of drug-likeness (QED) is 0.734. The molecular formula is C15H20O. The lowest BCUT2D eigenvalue weighted by atomic mass is 9.92. The van der Waals surface area contributed by atoms with Gasteiger partial charge in [0.15, 0.2) is 5.78 Å². The lowest BCUT2D eigenvalue weighted by Gasteiger charge is -2.11. The fourth-order valence-corrected chi connectivity index (χ4v) is 2.43. The van der Waals surface area contributed by atoms with Crippen LogP contribution in [0.4, 0.5) is 0 Å². The molecule has 1 aromatic rings. The van der Waals surface area contributed by atoms with Gasteiger partial charge in [0.05, 0.1) is 0 Å². The number of rotatable bonds is 2. The third-order valence-electron chi connectivity index (χ3n) is 3.65. The average molecular weight is 216 g/mol. The molecule has 1 aliphatic carbocycles. The van der Waals surface area contributed by atoms with E-state index in [1.165, 1.54) is 11.1 Å². The van der Waals surface area contributed by atoms with Gasteiger partial charge in [0.1, 0.15) is 0 Å². The number of carbonyl (C=O) groups is 1. The van der Waals surface area contributed by atoms with Crippen LogP contribution >= 0.6 is 0 Å². The van der Waals surface area contributed by atoms with Gasteiger partial charge in [-0.15, -0.1) is 0 Å². The number of fused-ring (bicyclic) bond motifs is 1. The Labute approximate surface area is 97.9 Å². The summed E-state index contributed by atoms with van der Waals surface area (Å²) >= 11 is 0. The molecule has 0 aromatic heterocycles. The van der Waals surface area contributed by atoms with Crippen molar-refractivity contribution in [3.63, 3.8) is 0 Å². The Hall–Kier alpha value is -1.11. The van der Waals surface area contributed by atoms with E-state index in [9.17, 15) is 4.79 Å². The number of benzene rings is 1. The molecule has 1 aliphatic rings. The molecule has 0 radical (unpaired) electrons. The lowest BCUT2D eigenvalue weighted by molar-refractivity contribution is 0.0906. The highest BCUT2D eigenvalue weighted by Gasteiger charge is 2.32. The van der Waals surface area contributed by atoms with E-state index in [0.717, 1.165) is 12.0 Å². The predicted molar refractivity (Wildman–Crippen MR) is 66.9 cm³/mol. The van der Waals surface area contributed by atoms with Crippen LogP contribution in [0.15, 0.2) is 18.2 Å². The summed E-state index contributed by atoms with van der Waals surface area (Å²) in [4.78, 5) is 12.2. The number of ketones is 1. The molecular weight excluding hydrogens is 196 g/mol. The van der Waals surface area contributed by atoms with Crippen LogP contribution in [0.2, 0.25) is 0 Å². The van der Waals surface area contributed by atoms with Crippen molar-refractivity contribution in [3.8, 4) is 0 Å². The van der Waals surface area contributed by atoms with Gasteiger partial charge in [-0.25, -0.2) is 0 Å². The zero-order valence-corrected chi connectivity index (χ0v) is 10.6. The van der Waals surface area contributed by atoms with Crippen LogP contribution < -0.4 is 0 Å². The highest BCUT2D eigenvalue weighted by atomic mass is 16.1. The van der Waals surface area contributed by atoms with Crippen molar-refractivity contribution in [1.82, 2.24) is 0 Å². The molecule has 0 amide bonds. The SMILES string of the molecule is CC(C)c1ccc2c(c1)C(=O)C(C(C)C)C2. The maximum absolute atomic E-state index is 12.2. The van der Waals surface area contributed by atoms with E-state index in [1.807, 2.05) is 0 Å². The molecule has 0 heterocycles. The third kappa shape index (κ3) is 1.79. The summed E-state index contributed by atoms with van der Waals surface area (Å²) in [6, 6.07) is 6.41. The molecule has 1 heteroatoms. The highest BCUT2D eigenvalue weighted by molar-refractivity contribution is 6.02. The standard InChI is InChI=1S/C15H20O/c1-9(2)11-5-6-12-8-13(10(3)4)15(16)14(12)7-11/h5-7,9-10,13H,8H2,1-4H3. The normalized spacial score (nSPS) is 19.6. The zero-order valence-electron chi connectivity index (χ0n) is 10.6. The van der Waals surface area contributed by atoms with Crippen LogP contribution in [-0.2, 0) is 6.42 Å². The first kappa shape index (κ1) is 11.4. The summed E-state index contributed by atoms with van der Waals surface area (Å²) in [5.74, 6) is 1.50. The maximum Gasteiger partial charge on any atom is 0.166 e. The van der Waals surface area contributed by atoms with E-state index in [4.69, 9.17) is 0 Å². The van der Waals surface area contributed by atoms with Crippen LogP contribution in [-0.4, -0.2) is 5.78 Å². The van der Waals surface area contributed by atoms with Crippen molar-refractivity contribution in [2.75, 3.05) is 0 Å². The molecule has 1 aromatic carbocycles. The molecule has 86 valence electrons. The molecule has 0 fully saturated rings. The first-order valence-corrected chi connectivity index (χ1v) is 6.17. The summed E-state index contributed by atoms with van der Waals surface area (Å²) < 4.78 is 0. The van der Waals surface area contributed by atoms with Crippen molar-refractivity contribution < 1.29 is 4.79 Å². The molecule has 0 spiro atoms. The predicted octanol–water partition coefficient (Wildman–Crippen LogP) is 3.82. The molecule has 2 rings (SSSR count). The molecule has 0 N–H and O–H groups in total. The summed E-state index contributed by atoms with van der Waals surface area (Å²) in [5, 5.41) is 0. The van der Waals surface area contributed by atoms with Gasteiger partial charge in [0.2, 0.25) is 0 Å². The van der Waals surface area contributed by atoms with Crippen molar-refractivity contribution in [1.29, 1.82) is 0 Å². The number of Topliss-reactive ketones (excluding diaryl/α,β-unsaturated/α-hetero) is 1. The smallest absolute Gasteiger partial charge is 0.166 e. The maximum atomic E-state index is 12.2. The van der Waals surface area contributed by atoms with Gasteiger partial charge in [-0.05, 0) is 35.4 Å². The summed E-state index contributed by atoms with van der Waals surface area (Å²) in [6.07, 6.45) is 0.935. The van der Waals surface area contributed by atoms with E-state index in [-0.39, 0.29) is 5.92 Å². The van der Waals surface area contributed by atoms with Crippen LogP contribution in [0.1, 0.15) is 55.1 Å². The Bertz CT molecular complexity index is 415. The Morgan fingerprint density at radius 3 is 2.44 bits per heavy atom. The topological polar surface area (TPSA) is 17.1 Å². The fraction of sp³-hybridized carbons (Fsp3) is 0.533. The average Bonchev–Trinajstić information content (AvgIpc) is 2.56. The van der Waals surface area contributed by atoms with E-state index < -0.39 is 0 Å². The molecule has 0 saturated heterocycles. The van der Waals surface area contributed by atoms with Gasteiger partial charge in [-0.2, -0.15) is 0 Å². The van der Waals surface area contributed by atoms with E-state index in [2.05, 4.69) is 45.9 Å². The molecule has 1 unspecified atom stereocenters. The van der Waals surface area contributed by atoms with Crippen LogP contribution in [0.25, 0.3) is 0 Å². The second kappa shape index (κ2) is 4.04. The largest absolute Gasteiger partial charge is 0.294 e. The van der Waals surface area contributed by atoms with Gasteiger partial charge >= 0.3 is 0 Å². The van der Waals surface area contributed by atoms with Crippen molar-refractivity contribution in [2.24, 2.45) is 11.8 Å². The zero-order chi connectivity index (χ0) is 11.9. The molecule has 0 saturated carbocycles. The highest BCUT2D eigenvalue weighted by Crippen LogP contribution is 2.33. The minimum absolute atomic E-state index is 0.206. The molecule has 0 aliphatic heterocycles. The van der Waals surface area contributed by atoms with Gasteiger partial charge in [-0.1, -0.05) is 39.8 Å². The van der Waals surface area contributed by atoms with Crippen LogP contribution in [0.5, 0.6) is 0 Å². The van der Waals surface area contributed by atoms with Gasteiger partial charge in [0.25, 0.3) is 0 Å². The summed E-state index contributed by atoms with van der Waals surface area (Å²) in [5.41, 5.74) is 3.49. The second-order valence-electron chi connectivity index (χ2n) is 5.49. The number of hydrogen-bond donors (Lipinski definition) is 0. The van der Waals surface area contributed by atoms with Crippen LogP contribution in [0.3, 0.4) is 0 Å². The van der Waals surface area contributed by atoms with Gasteiger partial charge in [0, 0.05) is 11.5 Å². The van der Waals surface area contributed by atoms with Crippen molar-refractivity contribution in [3.05, 3.63) is 34.9 Å². The number of carbonyl (C=O) groups excluding carboxylic acids is 1. The van der Waals surface area contributed by atoms with Crippen molar-refractivity contribution >= 4 is 5.78 Å². The molecule has 1 atom stereocenters. The van der Waals surface area contributed by atoms with E-state index in [0.29, 0.717) is 17.6 Å². The van der Waals surface area contributed by atoms with Crippen molar-refractivity contribution in [2.45, 2.75) is 40.0 Å². The molecule has 1 nitrogen and oxygen atoms in total. The van der Waals surface area contributed by atoms with Crippen LogP contribution in [0, 0.1) is 11.8 Å². The second-order valence-corrected chi connectivity index (χ2v) is 5.49. The van der Waals surface area contributed by atoms with E-state index >= 15 is 0 Å². The minimum atomic E-state index is 0.206. The Morgan fingerprint density at radius 1 is 1.19 bits per heavy atom.